The monoisotopic (exact) mass is 322 g/mol. The summed E-state index contributed by atoms with van der Waals surface area (Å²) in [6.45, 7) is 9.29. The highest BCUT2D eigenvalue weighted by Gasteiger charge is 2.42. The highest BCUT2D eigenvalue weighted by atomic mass is 79.9. The van der Waals surface area contributed by atoms with Crippen molar-refractivity contribution in [3.8, 4) is 0 Å². The molecule has 0 saturated carbocycles. The summed E-state index contributed by atoms with van der Waals surface area (Å²) >= 11 is 3.65. The molecule has 19 heavy (non-hydrogen) atoms. The Hall–Kier alpha value is -0.380. The van der Waals surface area contributed by atoms with Crippen LogP contribution in [-0.4, -0.2) is 30.6 Å². The molecule has 1 N–H and O–H groups in total. The molecule has 2 nitrogen and oxygen atoms in total. The number of nitrogens with one attached hydrogen (secondary N) is 1. The van der Waals surface area contributed by atoms with E-state index in [1.807, 2.05) is 0 Å². The second-order valence-corrected chi connectivity index (χ2v) is 6.93. The summed E-state index contributed by atoms with van der Waals surface area (Å²) in [7, 11) is 0. The number of nitrogens with zero attached hydrogens (tertiary/aromatic N) is 1. The van der Waals surface area contributed by atoms with E-state index in [1.165, 1.54) is 41.7 Å². The van der Waals surface area contributed by atoms with E-state index in [4.69, 9.17) is 0 Å². The van der Waals surface area contributed by atoms with Crippen molar-refractivity contribution in [3.63, 3.8) is 0 Å². The topological polar surface area (TPSA) is 15.3 Å². The quantitative estimate of drug-likeness (QED) is 0.919. The first-order valence-corrected chi connectivity index (χ1v) is 8.18. The summed E-state index contributed by atoms with van der Waals surface area (Å²) in [4.78, 5) is 2.70. The van der Waals surface area contributed by atoms with E-state index >= 15 is 0 Å². The summed E-state index contributed by atoms with van der Waals surface area (Å²) in [5.41, 5.74) is 2.75. The Balaban J connectivity index is 1.74. The molecule has 1 aromatic rings. The van der Waals surface area contributed by atoms with Crippen LogP contribution in [0, 0.1) is 18.8 Å². The van der Waals surface area contributed by atoms with Gasteiger partial charge in [-0.2, -0.15) is 0 Å². The van der Waals surface area contributed by atoms with Crippen molar-refractivity contribution in [1.82, 2.24) is 10.2 Å². The van der Waals surface area contributed by atoms with Gasteiger partial charge < -0.3 is 5.32 Å². The molecule has 2 heterocycles. The average Bonchev–Trinajstić information content (AvgIpc) is 2.94. The zero-order valence-corrected chi connectivity index (χ0v) is 13.4. The maximum atomic E-state index is 3.65. The first-order valence-electron chi connectivity index (χ1n) is 7.39. The van der Waals surface area contributed by atoms with E-state index in [0.717, 1.165) is 24.4 Å². The van der Waals surface area contributed by atoms with Crippen molar-refractivity contribution in [3.05, 3.63) is 33.8 Å². The smallest absolute Gasteiger partial charge is 0.0237 e. The molecule has 0 aliphatic carbocycles. The van der Waals surface area contributed by atoms with Crippen LogP contribution >= 0.6 is 15.9 Å². The first-order chi connectivity index (χ1) is 9.19. The van der Waals surface area contributed by atoms with Crippen LogP contribution in [0.4, 0.5) is 0 Å². The van der Waals surface area contributed by atoms with Gasteiger partial charge in [0, 0.05) is 23.6 Å². The van der Waals surface area contributed by atoms with E-state index in [0.29, 0.717) is 0 Å². The van der Waals surface area contributed by atoms with Gasteiger partial charge in [0.05, 0.1) is 0 Å². The van der Waals surface area contributed by atoms with Gasteiger partial charge in [-0.1, -0.05) is 35.0 Å². The highest BCUT2D eigenvalue weighted by Crippen LogP contribution is 2.35. The Morgan fingerprint density at radius 1 is 1.37 bits per heavy atom. The van der Waals surface area contributed by atoms with Crippen LogP contribution in [-0.2, 0) is 6.54 Å². The number of aryl methyl sites for hydroxylation is 1. The summed E-state index contributed by atoms with van der Waals surface area (Å²) in [6, 6.07) is 7.55. The molecule has 104 valence electrons. The predicted molar refractivity (Wildman–Crippen MR) is 83.2 cm³/mol. The number of fused-ring (bicyclic) bond motifs is 1. The standard InChI is InChI=1S/C16H23BrN2/c1-3-16-14-8-18-7-13(14)10-19(16)9-12-5-4-11(2)15(17)6-12/h4-6,13-14,16,18H,3,7-10H2,1-2H3. The molecule has 2 aliphatic rings. The fraction of sp³-hybridized carbons (Fsp3) is 0.625. The lowest BCUT2D eigenvalue weighted by molar-refractivity contribution is 0.210. The number of halogens is 1. The Bertz CT molecular complexity index is 460. The fourth-order valence-electron chi connectivity index (χ4n) is 3.82. The summed E-state index contributed by atoms with van der Waals surface area (Å²) < 4.78 is 1.24. The number of hydrogen-bond acceptors (Lipinski definition) is 2. The van der Waals surface area contributed by atoms with Crippen LogP contribution in [0.3, 0.4) is 0 Å². The third-order valence-corrected chi connectivity index (χ3v) is 5.72. The Morgan fingerprint density at radius 2 is 2.21 bits per heavy atom. The predicted octanol–water partition coefficient (Wildman–Crippen LogP) is 3.19. The maximum absolute atomic E-state index is 3.65. The summed E-state index contributed by atoms with van der Waals surface area (Å²) in [6.07, 6.45) is 1.27. The van der Waals surface area contributed by atoms with Gasteiger partial charge in [-0.05, 0) is 55.5 Å². The molecular weight excluding hydrogens is 300 g/mol. The Labute approximate surface area is 124 Å². The Kier molecular flexibility index (Phi) is 3.97. The van der Waals surface area contributed by atoms with Crippen LogP contribution in [0.1, 0.15) is 24.5 Å². The van der Waals surface area contributed by atoms with Crippen LogP contribution in [0.25, 0.3) is 0 Å². The number of rotatable bonds is 3. The lowest BCUT2D eigenvalue weighted by Gasteiger charge is -2.27. The molecule has 2 fully saturated rings. The minimum atomic E-state index is 0.764. The Morgan fingerprint density at radius 3 is 2.95 bits per heavy atom. The van der Waals surface area contributed by atoms with Crippen molar-refractivity contribution in [2.24, 2.45) is 11.8 Å². The second-order valence-electron chi connectivity index (χ2n) is 6.07. The third-order valence-electron chi connectivity index (χ3n) is 4.86. The van der Waals surface area contributed by atoms with Crippen molar-refractivity contribution in [2.45, 2.75) is 32.9 Å². The lowest BCUT2D eigenvalue weighted by Crippen LogP contribution is -2.34. The molecule has 3 unspecified atom stereocenters. The van der Waals surface area contributed by atoms with Crippen molar-refractivity contribution in [1.29, 1.82) is 0 Å². The minimum absolute atomic E-state index is 0.764. The van der Waals surface area contributed by atoms with Crippen molar-refractivity contribution in [2.75, 3.05) is 19.6 Å². The first kappa shape index (κ1) is 13.6. The zero-order chi connectivity index (χ0) is 13.4. The van der Waals surface area contributed by atoms with Crippen molar-refractivity contribution >= 4 is 15.9 Å². The molecule has 0 spiro atoms. The van der Waals surface area contributed by atoms with E-state index in [-0.39, 0.29) is 0 Å². The average molecular weight is 323 g/mol. The lowest BCUT2D eigenvalue weighted by atomic mass is 9.93. The molecule has 1 aromatic carbocycles. The maximum Gasteiger partial charge on any atom is 0.0237 e. The summed E-state index contributed by atoms with van der Waals surface area (Å²) in [5.74, 6) is 1.75. The molecule has 0 bridgehead atoms. The van der Waals surface area contributed by atoms with Gasteiger partial charge in [0.25, 0.3) is 0 Å². The van der Waals surface area contributed by atoms with Gasteiger partial charge >= 0.3 is 0 Å². The molecule has 2 saturated heterocycles. The molecular formula is C16H23BrN2. The van der Waals surface area contributed by atoms with Crippen molar-refractivity contribution < 1.29 is 0 Å². The summed E-state index contributed by atoms with van der Waals surface area (Å²) in [5, 5.41) is 3.56. The molecule has 2 aliphatic heterocycles. The van der Waals surface area contributed by atoms with E-state index in [9.17, 15) is 0 Å². The van der Waals surface area contributed by atoms with E-state index in [2.05, 4.69) is 58.2 Å². The zero-order valence-electron chi connectivity index (χ0n) is 11.8. The van der Waals surface area contributed by atoms with Gasteiger partial charge in [-0.3, -0.25) is 4.90 Å². The van der Waals surface area contributed by atoms with Crippen LogP contribution < -0.4 is 5.32 Å². The van der Waals surface area contributed by atoms with Crippen LogP contribution in [0.15, 0.2) is 22.7 Å². The van der Waals surface area contributed by atoms with Gasteiger partial charge in [-0.25, -0.2) is 0 Å². The molecule has 3 heteroatoms. The number of likely N-dealkylation sites (tertiary alicyclic amines) is 1. The van der Waals surface area contributed by atoms with Crippen LogP contribution in [0.5, 0.6) is 0 Å². The molecule has 3 rings (SSSR count). The molecule has 0 aromatic heterocycles. The third kappa shape index (κ3) is 2.61. The number of benzene rings is 1. The molecule has 3 atom stereocenters. The van der Waals surface area contributed by atoms with Gasteiger partial charge in [-0.15, -0.1) is 0 Å². The highest BCUT2D eigenvalue weighted by molar-refractivity contribution is 9.10. The normalized spacial score (nSPS) is 30.8. The van der Waals surface area contributed by atoms with E-state index < -0.39 is 0 Å². The van der Waals surface area contributed by atoms with Gasteiger partial charge in [0.15, 0.2) is 0 Å². The van der Waals surface area contributed by atoms with E-state index in [1.54, 1.807) is 0 Å². The van der Waals surface area contributed by atoms with Gasteiger partial charge in [0.1, 0.15) is 0 Å². The molecule has 0 radical (unpaired) electrons. The molecule has 0 amide bonds. The van der Waals surface area contributed by atoms with Crippen LogP contribution in [0.2, 0.25) is 0 Å². The van der Waals surface area contributed by atoms with Gasteiger partial charge in [0.2, 0.25) is 0 Å². The largest absolute Gasteiger partial charge is 0.316 e. The SMILES string of the molecule is CCC1C2CNCC2CN1Cc1ccc(C)c(Br)c1. The second kappa shape index (κ2) is 5.55. The number of hydrogen-bond donors (Lipinski definition) is 1. The fourth-order valence-corrected chi connectivity index (χ4v) is 4.25. The minimum Gasteiger partial charge on any atom is -0.316 e.